The number of nitro groups is 1. The molecule has 7 nitrogen and oxygen atoms in total. The summed E-state index contributed by atoms with van der Waals surface area (Å²) >= 11 is 1.70. The summed E-state index contributed by atoms with van der Waals surface area (Å²) < 4.78 is 7.49. The number of benzene rings is 2. The summed E-state index contributed by atoms with van der Waals surface area (Å²) in [6.45, 7) is 3.57. The van der Waals surface area contributed by atoms with Crippen LogP contribution in [0.4, 0.5) is 11.4 Å². The van der Waals surface area contributed by atoms with Crippen molar-refractivity contribution in [3.05, 3.63) is 64.2 Å². The number of anilines is 1. The molecule has 0 saturated carbocycles. The lowest BCUT2D eigenvalue weighted by molar-refractivity contribution is -0.656. The number of thioether (sulfide) groups is 1. The Labute approximate surface area is 167 Å². The summed E-state index contributed by atoms with van der Waals surface area (Å²) in [7, 11) is 0. The first kappa shape index (κ1) is 18.8. The van der Waals surface area contributed by atoms with Crippen molar-refractivity contribution >= 4 is 28.3 Å². The maximum atomic E-state index is 11.6. The Kier molecular flexibility index (Phi) is 4.99. The number of β-amino-alcohol motifs (C(OH)–C–C–N with tert-alkyl or cyclic N) is 1. The van der Waals surface area contributed by atoms with Crippen molar-refractivity contribution in [2.45, 2.75) is 19.1 Å². The number of hydrogen-bond acceptors (Lipinski definition) is 6. The van der Waals surface area contributed by atoms with E-state index in [1.807, 2.05) is 35.8 Å². The van der Waals surface area contributed by atoms with Crippen molar-refractivity contribution in [1.29, 1.82) is 0 Å². The molecule has 1 N–H and O–H groups in total. The number of rotatable bonds is 5. The zero-order valence-electron chi connectivity index (χ0n) is 15.6. The second-order valence-corrected chi connectivity index (χ2v) is 7.84. The van der Waals surface area contributed by atoms with Crippen molar-refractivity contribution in [3.8, 4) is 5.75 Å². The van der Waals surface area contributed by atoms with Gasteiger partial charge in [-0.1, -0.05) is 12.1 Å². The van der Waals surface area contributed by atoms with Gasteiger partial charge in [-0.2, -0.15) is 0 Å². The minimum atomic E-state index is -1.31. The van der Waals surface area contributed by atoms with Crippen LogP contribution in [0.2, 0.25) is 0 Å². The number of hydrogen-bond donors (Lipinski definition) is 1. The fourth-order valence-electron chi connectivity index (χ4n) is 3.71. The lowest BCUT2D eigenvalue weighted by atomic mass is 10.0. The number of non-ortho nitro benzene ring substituents is 1. The maximum absolute atomic E-state index is 11.6. The molecule has 8 heteroatoms. The van der Waals surface area contributed by atoms with Crippen molar-refractivity contribution < 1.29 is 19.3 Å². The van der Waals surface area contributed by atoms with Gasteiger partial charge in [0.15, 0.2) is 6.54 Å². The molecule has 0 bridgehead atoms. The van der Waals surface area contributed by atoms with Crippen LogP contribution in [-0.4, -0.2) is 45.2 Å². The maximum Gasteiger partial charge on any atom is 0.316 e. The van der Waals surface area contributed by atoms with E-state index in [1.165, 1.54) is 12.1 Å². The Morgan fingerprint density at radius 1 is 1.32 bits per heavy atom. The zero-order valence-corrected chi connectivity index (χ0v) is 16.4. The Bertz CT molecular complexity index is 931. The van der Waals surface area contributed by atoms with E-state index in [0.29, 0.717) is 25.3 Å². The molecule has 2 aromatic rings. The van der Waals surface area contributed by atoms with E-state index in [-0.39, 0.29) is 5.69 Å². The predicted molar refractivity (Wildman–Crippen MR) is 109 cm³/mol. The predicted octanol–water partition coefficient (Wildman–Crippen LogP) is 3.16. The average molecular weight is 400 g/mol. The van der Waals surface area contributed by atoms with Crippen LogP contribution in [0, 0.1) is 10.1 Å². The van der Waals surface area contributed by atoms with E-state index in [1.54, 1.807) is 23.9 Å². The van der Waals surface area contributed by atoms with E-state index in [0.717, 1.165) is 28.8 Å². The third-order valence-corrected chi connectivity index (χ3v) is 6.21. The highest BCUT2D eigenvalue weighted by Gasteiger charge is 2.53. The number of aliphatic hydroxyl groups is 1. The van der Waals surface area contributed by atoms with Gasteiger partial charge in [-0.3, -0.25) is 10.1 Å². The molecular weight excluding hydrogens is 378 g/mol. The Hall–Kier alpha value is -2.58. The molecule has 0 spiro atoms. The van der Waals surface area contributed by atoms with Gasteiger partial charge in [0.2, 0.25) is 0 Å². The number of amidine groups is 1. The smallest absolute Gasteiger partial charge is 0.316 e. The summed E-state index contributed by atoms with van der Waals surface area (Å²) in [4.78, 5) is 12.9. The molecule has 2 aliphatic heterocycles. The van der Waals surface area contributed by atoms with Gasteiger partial charge < -0.3 is 9.84 Å². The van der Waals surface area contributed by atoms with Gasteiger partial charge in [-0.05, 0) is 49.4 Å². The Morgan fingerprint density at radius 2 is 2.11 bits per heavy atom. The second-order valence-electron chi connectivity index (χ2n) is 6.77. The molecule has 0 radical (unpaired) electrons. The monoisotopic (exact) mass is 400 g/mol. The minimum absolute atomic E-state index is 0.0170. The number of nitro benzene ring substituents is 1. The van der Waals surface area contributed by atoms with Gasteiger partial charge in [-0.15, -0.1) is 0 Å². The summed E-state index contributed by atoms with van der Waals surface area (Å²) in [6, 6.07) is 14.1. The molecule has 0 unspecified atom stereocenters. The summed E-state index contributed by atoms with van der Waals surface area (Å²) in [5.74, 6) is 1.78. The van der Waals surface area contributed by atoms with E-state index in [4.69, 9.17) is 4.74 Å². The van der Waals surface area contributed by atoms with Gasteiger partial charge in [0.05, 0.1) is 18.1 Å². The standard InChI is InChI=1S/C20H22N3O4S/c1-2-27-18-9-7-16(8-10-18)21-14-20(24,22-11-4-12-28-19(21)22)15-5-3-6-17(13-15)23(25)26/h3,5-10,13,24H,2,4,11-12,14H2,1H3/q+1/t20-/m0/s1. The highest BCUT2D eigenvalue weighted by molar-refractivity contribution is 8.13. The SMILES string of the molecule is CCOc1ccc(N2C[C@](O)(c3cccc([N+](=O)[O-])c3)[N+]3=C2SCCC3)cc1. The molecule has 1 atom stereocenters. The molecule has 0 aliphatic carbocycles. The van der Waals surface area contributed by atoms with E-state index >= 15 is 0 Å². The molecule has 0 fully saturated rings. The lowest BCUT2D eigenvalue weighted by Gasteiger charge is -2.24. The molecule has 2 aliphatic rings. The van der Waals surface area contributed by atoms with Crippen molar-refractivity contribution in [3.63, 3.8) is 0 Å². The van der Waals surface area contributed by atoms with Crippen LogP contribution in [0.1, 0.15) is 18.9 Å². The molecule has 0 aromatic heterocycles. The number of ether oxygens (including phenoxy) is 1. The van der Waals surface area contributed by atoms with Crippen LogP contribution in [0.15, 0.2) is 48.5 Å². The molecular formula is C20H22N3O4S+. The largest absolute Gasteiger partial charge is 0.494 e. The van der Waals surface area contributed by atoms with Crippen LogP contribution >= 0.6 is 11.8 Å². The van der Waals surface area contributed by atoms with Gasteiger partial charge >= 0.3 is 5.17 Å². The van der Waals surface area contributed by atoms with Crippen LogP contribution in [-0.2, 0) is 5.72 Å². The van der Waals surface area contributed by atoms with Crippen molar-refractivity contribution in [1.82, 2.24) is 0 Å². The first-order valence-electron chi connectivity index (χ1n) is 9.28. The van der Waals surface area contributed by atoms with E-state index in [2.05, 4.69) is 4.90 Å². The van der Waals surface area contributed by atoms with Crippen LogP contribution < -0.4 is 9.64 Å². The van der Waals surface area contributed by atoms with Gasteiger partial charge in [0.25, 0.3) is 11.4 Å². The topological polar surface area (TPSA) is 78.9 Å². The molecule has 146 valence electrons. The molecule has 2 aromatic carbocycles. The Balaban J connectivity index is 1.73. The fraction of sp³-hybridized carbons (Fsp3) is 0.350. The van der Waals surface area contributed by atoms with Crippen molar-refractivity contribution in [2.75, 3.05) is 30.3 Å². The van der Waals surface area contributed by atoms with Gasteiger partial charge in [0, 0.05) is 23.4 Å². The second kappa shape index (κ2) is 7.44. The molecule has 4 rings (SSSR count). The summed E-state index contributed by atoms with van der Waals surface area (Å²) in [5.41, 5.74) is 0.166. The van der Waals surface area contributed by atoms with Crippen LogP contribution in [0.3, 0.4) is 0 Å². The van der Waals surface area contributed by atoms with Crippen LogP contribution in [0.5, 0.6) is 5.75 Å². The van der Waals surface area contributed by atoms with Gasteiger partial charge in [0.1, 0.15) is 11.4 Å². The Morgan fingerprint density at radius 3 is 2.82 bits per heavy atom. The minimum Gasteiger partial charge on any atom is -0.494 e. The summed E-state index contributed by atoms with van der Waals surface area (Å²) in [6.07, 6.45) is 0.947. The lowest BCUT2D eigenvalue weighted by Crippen LogP contribution is -2.41. The average Bonchev–Trinajstić information content (AvgIpc) is 3.03. The molecule has 0 amide bonds. The molecule has 0 saturated heterocycles. The fourth-order valence-corrected chi connectivity index (χ4v) is 4.89. The van der Waals surface area contributed by atoms with E-state index in [9.17, 15) is 15.2 Å². The zero-order chi connectivity index (χ0) is 19.7. The first-order chi connectivity index (χ1) is 13.5. The number of nitrogens with zero attached hydrogens (tertiary/aromatic N) is 3. The summed E-state index contributed by atoms with van der Waals surface area (Å²) in [5, 5.41) is 23.8. The quantitative estimate of drug-likeness (QED) is 0.472. The highest BCUT2D eigenvalue weighted by atomic mass is 32.2. The third kappa shape index (κ3) is 3.22. The van der Waals surface area contributed by atoms with Crippen LogP contribution in [0.25, 0.3) is 0 Å². The first-order valence-corrected chi connectivity index (χ1v) is 10.3. The van der Waals surface area contributed by atoms with Gasteiger partial charge in [-0.25, -0.2) is 9.48 Å². The molecule has 2 heterocycles. The van der Waals surface area contributed by atoms with Crippen molar-refractivity contribution in [2.24, 2.45) is 0 Å². The highest BCUT2D eigenvalue weighted by Crippen LogP contribution is 2.38. The third-order valence-electron chi connectivity index (χ3n) is 5.02. The normalized spacial score (nSPS) is 21.6. The van der Waals surface area contributed by atoms with E-state index < -0.39 is 10.6 Å². The molecule has 28 heavy (non-hydrogen) atoms.